The summed E-state index contributed by atoms with van der Waals surface area (Å²) in [5.74, 6) is 2.10. The fourth-order valence-electron chi connectivity index (χ4n) is 2.77. The molecule has 5 nitrogen and oxygen atoms in total. The van der Waals surface area contributed by atoms with Crippen LogP contribution in [0.5, 0.6) is 0 Å². The molecular weight excluding hydrogens is 310 g/mol. The first-order valence-corrected chi connectivity index (χ1v) is 8.80. The Kier molecular flexibility index (Phi) is 4.83. The second-order valence-corrected chi connectivity index (χ2v) is 6.62. The predicted octanol–water partition coefficient (Wildman–Crippen LogP) is 4.62. The van der Waals surface area contributed by atoms with E-state index in [-0.39, 0.29) is 5.41 Å². The van der Waals surface area contributed by atoms with Crippen molar-refractivity contribution < 1.29 is 0 Å². The molecule has 3 rings (SSSR count). The molecule has 1 aromatic heterocycles. The minimum atomic E-state index is -0.0767. The molecule has 0 radical (unpaired) electrons. The van der Waals surface area contributed by atoms with E-state index >= 15 is 0 Å². The van der Waals surface area contributed by atoms with Gasteiger partial charge < -0.3 is 11.1 Å². The van der Waals surface area contributed by atoms with Gasteiger partial charge in [0.25, 0.3) is 0 Å². The predicted molar refractivity (Wildman–Crippen MR) is 104 cm³/mol. The van der Waals surface area contributed by atoms with Crippen LogP contribution in [0.2, 0.25) is 0 Å². The molecule has 1 heterocycles. The average Bonchev–Trinajstić information content (AvgIpc) is 3.15. The number of anilines is 3. The monoisotopic (exact) mass is 335 g/mol. The van der Waals surface area contributed by atoms with Gasteiger partial charge >= 0.3 is 0 Å². The van der Waals surface area contributed by atoms with Crippen molar-refractivity contribution in [2.45, 2.75) is 45.4 Å². The summed E-state index contributed by atoms with van der Waals surface area (Å²) in [7, 11) is 0. The van der Waals surface area contributed by atoms with Gasteiger partial charge in [-0.2, -0.15) is 9.97 Å². The SMILES string of the molecule is CCC(C)(CC)c1nc(Nc2cccc(N)c2)nc(C2=CCC=C2)n1. The van der Waals surface area contributed by atoms with Gasteiger partial charge in [-0.25, -0.2) is 4.98 Å². The topological polar surface area (TPSA) is 76.7 Å². The molecular formula is C20H25N5. The fraction of sp³-hybridized carbons (Fsp3) is 0.350. The van der Waals surface area contributed by atoms with Gasteiger partial charge in [-0.1, -0.05) is 45.1 Å². The molecule has 0 atom stereocenters. The van der Waals surface area contributed by atoms with Gasteiger partial charge in [-0.15, -0.1) is 0 Å². The molecule has 0 saturated carbocycles. The van der Waals surface area contributed by atoms with Crippen LogP contribution in [0.15, 0.2) is 42.5 Å². The highest BCUT2D eigenvalue weighted by Crippen LogP contribution is 2.30. The maximum atomic E-state index is 5.87. The Morgan fingerprint density at radius 2 is 1.96 bits per heavy atom. The Morgan fingerprint density at radius 1 is 1.16 bits per heavy atom. The van der Waals surface area contributed by atoms with Crippen molar-refractivity contribution in [1.82, 2.24) is 15.0 Å². The van der Waals surface area contributed by atoms with E-state index in [1.54, 1.807) is 0 Å². The number of allylic oxidation sites excluding steroid dienone is 4. The van der Waals surface area contributed by atoms with Crippen LogP contribution < -0.4 is 11.1 Å². The second kappa shape index (κ2) is 7.05. The first-order chi connectivity index (χ1) is 12.0. The number of nitrogens with zero attached hydrogens (tertiary/aromatic N) is 3. The van der Waals surface area contributed by atoms with E-state index in [1.165, 1.54) is 0 Å². The summed E-state index contributed by atoms with van der Waals surface area (Å²) >= 11 is 0. The number of hydrogen-bond donors (Lipinski definition) is 2. The summed E-state index contributed by atoms with van der Waals surface area (Å²) < 4.78 is 0. The molecule has 1 aliphatic carbocycles. The molecule has 0 bridgehead atoms. The van der Waals surface area contributed by atoms with Crippen molar-refractivity contribution in [1.29, 1.82) is 0 Å². The summed E-state index contributed by atoms with van der Waals surface area (Å²) in [5, 5.41) is 3.28. The zero-order chi connectivity index (χ0) is 17.9. The van der Waals surface area contributed by atoms with Gasteiger partial charge in [-0.3, -0.25) is 0 Å². The average molecular weight is 335 g/mol. The summed E-state index contributed by atoms with van der Waals surface area (Å²) in [6, 6.07) is 7.59. The molecule has 2 aromatic rings. The summed E-state index contributed by atoms with van der Waals surface area (Å²) in [6.07, 6.45) is 9.19. The van der Waals surface area contributed by atoms with Gasteiger partial charge in [0.1, 0.15) is 5.82 Å². The number of benzene rings is 1. The Morgan fingerprint density at radius 3 is 2.60 bits per heavy atom. The van der Waals surface area contributed by atoms with Crippen LogP contribution in [0, 0.1) is 0 Å². The fourth-order valence-corrected chi connectivity index (χ4v) is 2.77. The number of rotatable bonds is 6. The van der Waals surface area contributed by atoms with Crippen LogP contribution in [0.25, 0.3) is 5.57 Å². The maximum absolute atomic E-state index is 5.87. The number of aromatic nitrogens is 3. The molecule has 1 aromatic carbocycles. The minimum Gasteiger partial charge on any atom is -0.399 e. The van der Waals surface area contributed by atoms with Gasteiger partial charge in [0.15, 0.2) is 5.82 Å². The Balaban J connectivity index is 2.04. The smallest absolute Gasteiger partial charge is 0.231 e. The molecule has 0 saturated heterocycles. The van der Waals surface area contributed by atoms with Crippen LogP contribution in [-0.2, 0) is 5.41 Å². The number of nitrogen functional groups attached to an aromatic ring is 1. The highest BCUT2D eigenvalue weighted by Gasteiger charge is 2.27. The van der Waals surface area contributed by atoms with Crippen molar-refractivity contribution in [2.75, 3.05) is 11.1 Å². The highest BCUT2D eigenvalue weighted by molar-refractivity contribution is 5.73. The van der Waals surface area contributed by atoms with E-state index in [0.29, 0.717) is 11.6 Å². The highest BCUT2D eigenvalue weighted by atomic mass is 15.2. The Labute approximate surface area is 149 Å². The zero-order valence-corrected chi connectivity index (χ0v) is 15.1. The Bertz CT molecular complexity index is 819. The molecule has 0 fully saturated rings. The summed E-state index contributed by atoms with van der Waals surface area (Å²) in [6.45, 7) is 6.55. The minimum absolute atomic E-state index is 0.0767. The van der Waals surface area contributed by atoms with Crippen molar-refractivity contribution in [2.24, 2.45) is 0 Å². The molecule has 130 valence electrons. The van der Waals surface area contributed by atoms with Crippen molar-refractivity contribution in [3.63, 3.8) is 0 Å². The largest absolute Gasteiger partial charge is 0.399 e. The van der Waals surface area contributed by atoms with Crippen LogP contribution >= 0.6 is 0 Å². The van der Waals surface area contributed by atoms with E-state index in [9.17, 15) is 0 Å². The van der Waals surface area contributed by atoms with Gasteiger partial charge in [0, 0.05) is 22.4 Å². The lowest BCUT2D eigenvalue weighted by Gasteiger charge is -2.25. The van der Waals surface area contributed by atoms with Gasteiger partial charge in [0.2, 0.25) is 5.95 Å². The number of nitrogens with one attached hydrogen (secondary N) is 1. The lowest BCUT2D eigenvalue weighted by molar-refractivity contribution is 0.410. The molecule has 5 heteroatoms. The van der Waals surface area contributed by atoms with E-state index in [4.69, 9.17) is 15.7 Å². The third kappa shape index (κ3) is 3.71. The third-order valence-corrected chi connectivity index (χ3v) is 4.91. The van der Waals surface area contributed by atoms with Crippen molar-refractivity contribution >= 4 is 22.9 Å². The molecule has 0 aliphatic heterocycles. The molecule has 0 unspecified atom stereocenters. The van der Waals surface area contributed by atoms with E-state index < -0.39 is 0 Å². The summed E-state index contributed by atoms with van der Waals surface area (Å²) in [5.41, 5.74) is 8.42. The second-order valence-electron chi connectivity index (χ2n) is 6.62. The molecule has 0 amide bonds. The lowest BCUT2D eigenvalue weighted by atomic mass is 9.84. The zero-order valence-electron chi connectivity index (χ0n) is 15.1. The van der Waals surface area contributed by atoms with Crippen LogP contribution in [0.3, 0.4) is 0 Å². The number of hydrogen-bond acceptors (Lipinski definition) is 5. The quantitative estimate of drug-likeness (QED) is 0.753. The third-order valence-electron chi connectivity index (χ3n) is 4.91. The summed E-state index contributed by atoms with van der Waals surface area (Å²) in [4.78, 5) is 14.1. The lowest BCUT2D eigenvalue weighted by Crippen LogP contribution is -2.24. The molecule has 0 spiro atoms. The van der Waals surface area contributed by atoms with E-state index in [2.05, 4.69) is 49.3 Å². The van der Waals surface area contributed by atoms with Crippen LogP contribution in [0.1, 0.15) is 51.7 Å². The van der Waals surface area contributed by atoms with E-state index in [1.807, 2.05) is 24.3 Å². The van der Waals surface area contributed by atoms with Crippen molar-refractivity contribution in [3.8, 4) is 0 Å². The van der Waals surface area contributed by atoms with Crippen molar-refractivity contribution in [3.05, 3.63) is 54.1 Å². The normalized spacial score (nSPS) is 13.8. The van der Waals surface area contributed by atoms with Gasteiger partial charge in [0.05, 0.1) is 0 Å². The molecule has 1 aliphatic rings. The first-order valence-electron chi connectivity index (χ1n) is 8.80. The Hall–Kier alpha value is -2.69. The molecule has 3 N–H and O–H groups in total. The standard InChI is InChI=1S/C20H25N5/c1-4-20(3,5-2)18-23-17(14-9-6-7-10-14)24-19(25-18)22-16-12-8-11-15(21)13-16/h6,8-13H,4-5,7,21H2,1-3H3,(H,22,23,24,25). The molecule has 25 heavy (non-hydrogen) atoms. The van der Waals surface area contributed by atoms with Gasteiger partial charge in [-0.05, 0) is 37.5 Å². The van der Waals surface area contributed by atoms with Crippen LogP contribution in [-0.4, -0.2) is 15.0 Å². The number of nitrogens with two attached hydrogens (primary N) is 1. The maximum Gasteiger partial charge on any atom is 0.231 e. The van der Waals surface area contributed by atoms with E-state index in [0.717, 1.165) is 42.2 Å². The van der Waals surface area contributed by atoms with Crippen LogP contribution in [0.4, 0.5) is 17.3 Å². The first kappa shape index (κ1) is 17.1.